The van der Waals surface area contributed by atoms with Crippen LogP contribution < -0.4 is 4.74 Å². The van der Waals surface area contributed by atoms with E-state index < -0.39 is 0 Å². The molecule has 0 unspecified atom stereocenters. The molecule has 0 saturated carbocycles. The monoisotopic (exact) mass is 435 g/mol. The lowest BCUT2D eigenvalue weighted by Crippen LogP contribution is -2.05. The molecule has 0 fully saturated rings. The third-order valence-electron chi connectivity index (χ3n) is 4.83. The fourth-order valence-corrected chi connectivity index (χ4v) is 3.92. The Kier molecular flexibility index (Phi) is 6.66. The van der Waals surface area contributed by atoms with E-state index in [0.717, 1.165) is 35.3 Å². The first-order valence-corrected chi connectivity index (χ1v) is 11.2. The summed E-state index contributed by atoms with van der Waals surface area (Å²) in [6.45, 7) is 4.83. The van der Waals surface area contributed by atoms with Gasteiger partial charge in [0, 0.05) is 18.0 Å². The molecule has 0 amide bonds. The number of methoxy groups -OCH3 is 1. The number of aryl methyl sites for hydroxylation is 1. The zero-order valence-corrected chi connectivity index (χ0v) is 18.7. The topological polar surface area (TPSA) is 78.9 Å². The maximum absolute atomic E-state index is 5.74. The van der Waals surface area contributed by atoms with Crippen LogP contribution in [-0.2, 0) is 18.7 Å². The summed E-state index contributed by atoms with van der Waals surface area (Å²) in [7, 11) is 1.66. The number of hydrogen-bond acceptors (Lipinski definition) is 7. The van der Waals surface area contributed by atoms with Gasteiger partial charge in [0.1, 0.15) is 5.75 Å². The van der Waals surface area contributed by atoms with Crippen LogP contribution in [0, 0.1) is 0 Å². The van der Waals surface area contributed by atoms with Crippen molar-refractivity contribution in [2.45, 2.75) is 43.6 Å². The quantitative estimate of drug-likeness (QED) is 0.343. The number of rotatable bonds is 9. The van der Waals surface area contributed by atoms with Crippen LogP contribution in [0.1, 0.15) is 37.1 Å². The number of thioether (sulfide) groups is 1. The molecule has 0 radical (unpaired) electrons. The van der Waals surface area contributed by atoms with Crippen molar-refractivity contribution < 1.29 is 9.15 Å². The van der Waals surface area contributed by atoms with E-state index in [0.29, 0.717) is 17.5 Å². The van der Waals surface area contributed by atoms with E-state index in [1.807, 2.05) is 44.2 Å². The number of hydrogen-bond donors (Lipinski definition) is 0. The van der Waals surface area contributed by atoms with Crippen molar-refractivity contribution in [2.24, 2.45) is 0 Å². The van der Waals surface area contributed by atoms with Gasteiger partial charge in [0.05, 0.1) is 12.9 Å². The van der Waals surface area contributed by atoms with Crippen molar-refractivity contribution in [2.75, 3.05) is 7.11 Å². The normalized spacial score (nSPS) is 11.2. The van der Waals surface area contributed by atoms with E-state index in [9.17, 15) is 0 Å². The smallest absolute Gasteiger partial charge is 0.226 e. The van der Waals surface area contributed by atoms with Gasteiger partial charge in [-0.3, -0.25) is 0 Å². The van der Waals surface area contributed by atoms with Gasteiger partial charge in [-0.1, -0.05) is 55.9 Å². The fraction of sp³-hybridized carbons (Fsp3) is 0.304. The predicted octanol–water partition coefficient (Wildman–Crippen LogP) is 5.00. The van der Waals surface area contributed by atoms with E-state index in [2.05, 4.69) is 49.2 Å². The third-order valence-corrected chi connectivity index (χ3v) is 5.78. The molecule has 4 rings (SSSR count). The van der Waals surface area contributed by atoms with Gasteiger partial charge in [0.15, 0.2) is 11.0 Å². The minimum Gasteiger partial charge on any atom is -0.497 e. The molecule has 2 aromatic carbocycles. The summed E-state index contributed by atoms with van der Waals surface area (Å²) in [6.07, 6.45) is 0.883. The summed E-state index contributed by atoms with van der Waals surface area (Å²) in [4.78, 5) is 0. The highest BCUT2D eigenvalue weighted by Crippen LogP contribution is 2.28. The highest BCUT2D eigenvalue weighted by molar-refractivity contribution is 7.98. The molecule has 31 heavy (non-hydrogen) atoms. The molecular weight excluding hydrogens is 410 g/mol. The maximum atomic E-state index is 5.74. The number of nitrogens with zero attached hydrogens (tertiary/aromatic N) is 5. The van der Waals surface area contributed by atoms with E-state index >= 15 is 0 Å². The van der Waals surface area contributed by atoms with E-state index in [-0.39, 0.29) is 5.92 Å². The Morgan fingerprint density at radius 1 is 0.968 bits per heavy atom. The van der Waals surface area contributed by atoms with Crippen molar-refractivity contribution >= 4 is 11.8 Å². The minimum atomic E-state index is 0.211. The van der Waals surface area contributed by atoms with Crippen LogP contribution in [-0.4, -0.2) is 32.1 Å². The summed E-state index contributed by atoms with van der Waals surface area (Å²) < 4.78 is 13.2. The van der Waals surface area contributed by atoms with Crippen molar-refractivity contribution in [3.05, 3.63) is 71.9 Å². The Balaban J connectivity index is 1.57. The lowest BCUT2D eigenvalue weighted by atomic mass is 10.1. The number of ether oxygens (including phenoxy) is 1. The van der Waals surface area contributed by atoms with Crippen LogP contribution in [0.5, 0.6) is 5.75 Å². The first-order valence-electron chi connectivity index (χ1n) is 10.2. The van der Waals surface area contributed by atoms with Crippen LogP contribution in [0.25, 0.3) is 11.4 Å². The highest BCUT2D eigenvalue weighted by Gasteiger charge is 2.17. The van der Waals surface area contributed by atoms with Crippen LogP contribution in [0.3, 0.4) is 0 Å². The van der Waals surface area contributed by atoms with Gasteiger partial charge in [-0.05, 0) is 36.2 Å². The second-order valence-electron chi connectivity index (χ2n) is 7.40. The largest absolute Gasteiger partial charge is 0.497 e. The molecule has 0 atom stereocenters. The van der Waals surface area contributed by atoms with Gasteiger partial charge in [-0.2, -0.15) is 0 Å². The Labute approximate surface area is 185 Å². The van der Waals surface area contributed by atoms with E-state index in [1.54, 1.807) is 18.9 Å². The van der Waals surface area contributed by atoms with Gasteiger partial charge < -0.3 is 13.7 Å². The lowest BCUT2D eigenvalue weighted by Gasteiger charge is -2.10. The first kappa shape index (κ1) is 21.1. The van der Waals surface area contributed by atoms with Crippen molar-refractivity contribution in [1.82, 2.24) is 25.0 Å². The zero-order chi connectivity index (χ0) is 21.6. The maximum Gasteiger partial charge on any atom is 0.226 e. The molecule has 160 valence electrons. The highest BCUT2D eigenvalue weighted by atomic mass is 32.2. The molecule has 0 spiro atoms. The van der Waals surface area contributed by atoms with E-state index in [4.69, 9.17) is 9.15 Å². The Morgan fingerprint density at radius 3 is 2.42 bits per heavy atom. The van der Waals surface area contributed by atoms with Crippen LogP contribution in [0.4, 0.5) is 0 Å². The number of aromatic nitrogens is 5. The van der Waals surface area contributed by atoms with Gasteiger partial charge in [-0.25, -0.2) is 0 Å². The summed E-state index contributed by atoms with van der Waals surface area (Å²) in [5, 5.41) is 18.0. The molecule has 4 aromatic rings. The van der Waals surface area contributed by atoms with Gasteiger partial charge in [0.25, 0.3) is 0 Å². The summed E-state index contributed by atoms with van der Waals surface area (Å²) in [5.41, 5.74) is 2.26. The predicted molar refractivity (Wildman–Crippen MR) is 120 cm³/mol. The Hall–Kier alpha value is -3.13. The molecular formula is C23H25N5O2S. The summed E-state index contributed by atoms with van der Waals surface area (Å²) >= 11 is 1.55. The van der Waals surface area contributed by atoms with Gasteiger partial charge in [-0.15, -0.1) is 20.4 Å². The molecule has 2 aromatic heterocycles. The van der Waals surface area contributed by atoms with Crippen molar-refractivity contribution in [3.63, 3.8) is 0 Å². The molecule has 0 aliphatic carbocycles. The molecule has 0 aliphatic rings. The molecule has 2 heterocycles. The summed E-state index contributed by atoms with van der Waals surface area (Å²) in [6, 6.07) is 18.3. The molecule has 0 N–H and O–H groups in total. The second-order valence-corrected chi connectivity index (χ2v) is 8.34. The minimum absolute atomic E-state index is 0.211. The van der Waals surface area contributed by atoms with E-state index in [1.165, 1.54) is 5.56 Å². The van der Waals surface area contributed by atoms with Gasteiger partial charge >= 0.3 is 0 Å². The standard InChI is InChI=1S/C23H25N5O2S/c1-16(2)22-26-24-20(30-22)15-31-23-27-25-21(18-9-11-19(29-3)12-10-18)28(23)14-13-17-7-5-4-6-8-17/h4-12,16H,13-15H2,1-3H3. The lowest BCUT2D eigenvalue weighted by molar-refractivity contribution is 0.415. The molecule has 8 heteroatoms. The average Bonchev–Trinajstić information content (AvgIpc) is 3.44. The molecule has 0 aliphatic heterocycles. The Morgan fingerprint density at radius 2 is 1.74 bits per heavy atom. The zero-order valence-electron chi connectivity index (χ0n) is 17.9. The van der Waals surface area contributed by atoms with Gasteiger partial charge in [0.2, 0.25) is 11.8 Å². The van der Waals surface area contributed by atoms with Crippen molar-refractivity contribution in [1.29, 1.82) is 0 Å². The van der Waals surface area contributed by atoms with Crippen LogP contribution in [0.15, 0.2) is 64.2 Å². The van der Waals surface area contributed by atoms with Crippen LogP contribution in [0.2, 0.25) is 0 Å². The van der Waals surface area contributed by atoms with Crippen molar-refractivity contribution in [3.8, 4) is 17.1 Å². The molecule has 0 bridgehead atoms. The number of benzene rings is 2. The average molecular weight is 436 g/mol. The molecule has 0 saturated heterocycles. The SMILES string of the molecule is COc1ccc(-c2nnc(SCc3nnc(C(C)C)o3)n2CCc2ccccc2)cc1. The van der Waals surface area contributed by atoms with Crippen LogP contribution >= 0.6 is 11.8 Å². The molecule has 7 nitrogen and oxygen atoms in total. The third kappa shape index (κ3) is 5.14. The fourth-order valence-electron chi connectivity index (χ4n) is 3.12. The second kappa shape index (κ2) is 9.78. The Bertz CT molecular complexity index is 1110. The summed E-state index contributed by atoms with van der Waals surface area (Å²) in [5.74, 6) is 3.64. The first-order chi connectivity index (χ1) is 15.1.